The Balaban J connectivity index is 2.68. The maximum atomic E-state index is 12.8. The van der Waals surface area contributed by atoms with E-state index in [9.17, 15) is 4.39 Å². The fourth-order valence-electron chi connectivity index (χ4n) is 1.70. The number of benzene rings is 1. The van der Waals surface area contributed by atoms with E-state index in [0.717, 1.165) is 18.7 Å². The van der Waals surface area contributed by atoms with E-state index in [0.29, 0.717) is 11.8 Å². The van der Waals surface area contributed by atoms with Crippen molar-refractivity contribution in [1.82, 2.24) is 5.32 Å². The summed E-state index contributed by atoms with van der Waals surface area (Å²) >= 11 is 0. The number of rotatable bonds is 6. The molecule has 0 unspecified atom stereocenters. The molecule has 0 aliphatic carbocycles. The summed E-state index contributed by atoms with van der Waals surface area (Å²) in [5, 5.41) is 3.46. The third-order valence-electron chi connectivity index (χ3n) is 2.85. The van der Waals surface area contributed by atoms with Gasteiger partial charge in [-0.05, 0) is 36.1 Å². The van der Waals surface area contributed by atoms with Gasteiger partial charge in [-0.25, -0.2) is 4.39 Å². The molecular formula is C16H24FN. The van der Waals surface area contributed by atoms with Crippen molar-refractivity contribution >= 4 is 6.08 Å². The number of hydrogen-bond acceptors (Lipinski definition) is 1. The van der Waals surface area contributed by atoms with Gasteiger partial charge in [-0.3, -0.25) is 0 Å². The predicted molar refractivity (Wildman–Crippen MR) is 76.9 cm³/mol. The average Bonchev–Trinajstić information content (AvgIpc) is 2.30. The van der Waals surface area contributed by atoms with Gasteiger partial charge in [-0.15, -0.1) is 0 Å². The van der Waals surface area contributed by atoms with Crippen LogP contribution in [-0.4, -0.2) is 13.1 Å². The second-order valence-corrected chi connectivity index (χ2v) is 5.45. The van der Waals surface area contributed by atoms with E-state index in [1.54, 1.807) is 0 Å². The molecule has 0 saturated carbocycles. The Bertz CT molecular complexity index is 377. The summed E-state index contributed by atoms with van der Waals surface area (Å²) in [6.45, 7) is 10.7. The summed E-state index contributed by atoms with van der Waals surface area (Å²) in [5.41, 5.74) is 2.41. The molecule has 100 valence electrons. The second kappa shape index (κ2) is 7.32. The van der Waals surface area contributed by atoms with Crippen molar-refractivity contribution in [2.45, 2.75) is 27.7 Å². The fourth-order valence-corrected chi connectivity index (χ4v) is 1.70. The molecule has 0 aliphatic heterocycles. The molecule has 0 radical (unpaired) electrons. The van der Waals surface area contributed by atoms with Crippen LogP contribution >= 0.6 is 0 Å². The summed E-state index contributed by atoms with van der Waals surface area (Å²) in [7, 11) is 0. The van der Waals surface area contributed by atoms with Crippen LogP contribution in [0, 0.1) is 17.7 Å². The van der Waals surface area contributed by atoms with E-state index < -0.39 is 0 Å². The second-order valence-electron chi connectivity index (χ2n) is 5.45. The first-order chi connectivity index (χ1) is 8.49. The summed E-state index contributed by atoms with van der Waals surface area (Å²) in [6, 6.07) is 6.65. The van der Waals surface area contributed by atoms with E-state index in [4.69, 9.17) is 0 Å². The Morgan fingerprint density at radius 1 is 1.17 bits per heavy atom. The lowest BCUT2D eigenvalue weighted by Gasteiger charge is -2.14. The molecule has 0 atom stereocenters. The lowest BCUT2D eigenvalue weighted by Crippen LogP contribution is -2.23. The van der Waals surface area contributed by atoms with E-state index >= 15 is 0 Å². The van der Waals surface area contributed by atoms with Crippen molar-refractivity contribution in [1.29, 1.82) is 0 Å². The quantitative estimate of drug-likeness (QED) is 0.800. The SMILES string of the molecule is CC(C)CNCC(=Cc1ccc(F)cc1)C(C)C. The molecule has 0 saturated heterocycles. The highest BCUT2D eigenvalue weighted by atomic mass is 19.1. The van der Waals surface area contributed by atoms with Gasteiger partial charge in [0.15, 0.2) is 0 Å². The highest BCUT2D eigenvalue weighted by Crippen LogP contribution is 2.14. The van der Waals surface area contributed by atoms with Gasteiger partial charge in [0.2, 0.25) is 0 Å². The molecule has 1 aromatic rings. The van der Waals surface area contributed by atoms with Crippen LogP contribution in [0.5, 0.6) is 0 Å². The van der Waals surface area contributed by atoms with E-state index in [2.05, 4.69) is 39.1 Å². The van der Waals surface area contributed by atoms with Crippen molar-refractivity contribution in [2.24, 2.45) is 11.8 Å². The maximum Gasteiger partial charge on any atom is 0.123 e. The van der Waals surface area contributed by atoms with Gasteiger partial charge in [0.25, 0.3) is 0 Å². The van der Waals surface area contributed by atoms with Crippen molar-refractivity contribution in [3.8, 4) is 0 Å². The number of hydrogen-bond donors (Lipinski definition) is 1. The lowest BCUT2D eigenvalue weighted by atomic mass is 10.00. The molecule has 1 rings (SSSR count). The van der Waals surface area contributed by atoms with Gasteiger partial charge in [0, 0.05) is 6.54 Å². The third kappa shape index (κ3) is 5.46. The topological polar surface area (TPSA) is 12.0 Å². The molecule has 1 nitrogen and oxygen atoms in total. The first-order valence-electron chi connectivity index (χ1n) is 6.65. The Hall–Kier alpha value is -1.15. The van der Waals surface area contributed by atoms with Crippen LogP contribution in [0.1, 0.15) is 33.3 Å². The maximum absolute atomic E-state index is 12.8. The van der Waals surface area contributed by atoms with Crippen LogP contribution in [0.15, 0.2) is 29.8 Å². The summed E-state index contributed by atoms with van der Waals surface area (Å²) in [6.07, 6.45) is 2.15. The summed E-state index contributed by atoms with van der Waals surface area (Å²) in [5.74, 6) is 0.968. The van der Waals surface area contributed by atoms with E-state index in [1.807, 2.05) is 12.1 Å². The Morgan fingerprint density at radius 2 is 1.78 bits per heavy atom. The smallest absolute Gasteiger partial charge is 0.123 e. The average molecular weight is 249 g/mol. The monoisotopic (exact) mass is 249 g/mol. The van der Waals surface area contributed by atoms with Crippen LogP contribution in [0.3, 0.4) is 0 Å². The fraction of sp³-hybridized carbons (Fsp3) is 0.500. The van der Waals surface area contributed by atoms with Crippen LogP contribution in [0.4, 0.5) is 4.39 Å². The molecule has 18 heavy (non-hydrogen) atoms. The van der Waals surface area contributed by atoms with Crippen molar-refractivity contribution < 1.29 is 4.39 Å². The molecule has 0 amide bonds. The van der Waals surface area contributed by atoms with Crippen LogP contribution in [0.2, 0.25) is 0 Å². The minimum atomic E-state index is -0.184. The molecule has 0 bridgehead atoms. The molecule has 0 aromatic heterocycles. The van der Waals surface area contributed by atoms with Gasteiger partial charge in [0.1, 0.15) is 5.82 Å². The number of nitrogens with one attached hydrogen (secondary N) is 1. The minimum absolute atomic E-state index is 0.184. The van der Waals surface area contributed by atoms with Crippen LogP contribution in [0.25, 0.3) is 6.08 Å². The zero-order chi connectivity index (χ0) is 13.5. The zero-order valence-electron chi connectivity index (χ0n) is 11.8. The normalized spacial score (nSPS) is 12.5. The van der Waals surface area contributed by atoms with Crippen LogP contribution in [-0.2, 0) is 0 Å². The standard InChI is InChI=1S/C16H24FN/c1-12(2)10-18-11-15(13(3)4)9-14-5-7-16(17)8-6-14/h5-9,12-13,18H,10-11H2,1-4H3. The van der Waals surface area contributed by atoms with Gasteiger partial charge in [-0.2, -0.15) is 0 Å². The highest BCUT2D eigenvalue weighted by molar-refractivity contribution is 5.53. The van der Waals surface area contributed by atoms with Gasteiger partial charge < -0.3 is 5.32 Å². The van der Waals surface area contributed by atoms with Gasteiger partial charge in [0.05, 0.1) is 0 Å². The summed E-state index contributed by atoms with van der Waals surface area (Å²) in [4.78, 5) is 0. The van der Waals surface area contributed by atoms with Crippen molar-refractivity contribution in [2.75, 3.05) is 13.1 Å². The first-order valence-corrected chi connectivity index (χ1v) is 6.65. The first kappa shape index (κ1) is 14.9. The van der Waals surface area contributed by atoms with Gasteiger partial charge in [-0.1, -0.05) is 51.5 Å². The van der Waals surface area contributed by atoms with E-state index in [-0.39, 0.29) is 5.82 Å². The Labute approximate surface area is 110 Å². The molecule has 1 N–H and O–H groups in total. The molecule has 0 spiro atoms. The lowest BCUT2D eigenvalue weighted by molar-refractivity contribution is 0.558. The molecule has 1 aromatic carbocycles. The predicted octanol–water partition coefficient (Wildman–Crippen LogP) is 4.11. The largest absolute Gasteiger partial charge is 0.313 e. The van der Waals surface area contributed by atoms with Crippen LogP contribution < -0.4 is 5.32 Å². The minimum Gasteiger partial charge on any atom is -0.313 e. The zero-order valence-corrected chi connectivity index (χ0v) is 11.8. The molecule has 0 fully saturated rings. The third-order valence-corrected chi connectivity index (χ3v) is 2.85. The summed E-state index contributed by atoms with van der Waals surface area (Å²) < 4.78 is 12.8. The van der Waals surface area contributed by atoms with E-state index in [1.165, 1.54) is 17.7 Å². The number of halogens is 1. The Morgan fingerprint density at radius 3 is 2.28 bits per heavy atom. The van der Waals surface area contributed by atoms with Crippen molar-refractivity contribution in [3.63, 3.8) is 0 Å². The highest BCUT2D eigenvalue weighted by Gasteiger charge is 2.04. The van der Waals surface area contributed by atoms with Crippen molar-refractivity contribution in [3.05, 3.63) is 41.2 Å². The Kier molecular flexibility index (Phi) is 6.06. The molecule has 2 heteroatoms. The van der Waals surface area contributed by atoms with Gasteiger partial charge >= 0.3 is 0 Å². The molecule has 0 aliphatic rings. The molecular weight excluding hydrogens is 225 g/mol. The molecule has 0 heterocycles.